The fourth-order valence-electron chi connectivity index (χ4n) is 1.14. The summed E-state index contributed by atoms with van der Waals surface area (Å²) in [5.74, 6) is 0.0971. The first-order valence-corrected chi connectivity index (χ1v) is 5.90. The number of halogens is 1. The van der Waals surface area contributed by atoms with Gasteiger partial charge in [-0.1, -0.05) is 23.7 Å². The van der Waals surface area contributed by atoms with Gasteiger partial charge in [0.05, 0.1) is 10.3 Å². The molecule has 0 radical (unpaired) electrons. The number of amides is 1. The molecular weight excluding hydrogens is 230 g/mol. The highest BCUT2D eigenvalue weighted by molar-refractivity contribution is 8.00. The number of carbonyl (C=O) groups is 1. The number of hydrogen-bond donors (Lipinski definition) is 0. The second-order valence-corrected chi connectivity index (χ2v) is 5.21. The zero-order valence-electron chi connectivity index (χ0n) is 9.03. The molecule has 0 spiro atoms. The molecule has 0 fully saturated rings. The molecule has 0 saturated carbocycles. The molecule has 1 aromatic rings. The van der Waals surface area contributed by atoms with Crippen LogP contribution in [0.2, 0.25) is 5.02 Å². The maximum absolute atomic E-state index is 11.6. The topological polar surface area (TPSA) is 20.3 Å². The van der Waals surface area contributed by atoms with Crippen LogP contribution < -0.4 is 0 Å². The monoisotopic (exact) mass is 243 g/mol. The SMILES string of the molecule is CC(Sc1ccccc1Cl)C(=O)N(C)C. The average Bonchev–Trinajstić information content (AvgIpc) is 2.20. The molecule has 0 heterocycles. The van der Waals surface area contributed by atoms with Crippen LogP contribution in [0, 0.1) is 0 Å². The molecule has 15 heavy (non-hydrogen) atoms. The summed E-state index contributed by atoms with van der Waals surface area (Å²) < 4.78 is 0. The van der Waals surface area contributed by atoms with E-state index in [2.05, 4.69) is 0 Å². The highest BCUT2D eigenvalue weighted by atomic mass is 35.5. The molecule has 0 aliphatic rings. The van der Waals surface area contributed by atoms with Crippen LogP contribution in [-0.4, -0.2) is 30.2 Å². The molecule has 0 aliphatic heterocycles. The Morgan fingerprint density at radius 3 is 2.53 bits per heavy atom. The first-order chi connectivity index (χ1) is 7.02. The van der Waals surface area contributed by atoms with Gasteiger partial charge in [-0.15, -0.1) is 11.8 Å². The molecule has 82 valence electrons. The van der Waals surface area contributed by atoms with Crippen molar-refractivity contribution in [2.24, 2.45) is 0 Å². The van der Waals surface area contributed by atoms with Crippen LogP contribution in [0.3, 0.4) is 0 Å². The molecule has 1 amide bonds. The third-order valence-electron chi connectivity index (χ3n) is 1.93. The van der Waals surface area contributed by atoms with Crippen molar-refractivity contribution < 1.29 is 4.79 Å². The van der Waals surface area contributed by atoms with Gasteiger partial charge in [-0.25, -0.2) is 0 Å². The summed E-state index contributed by atoms with van der Waals surface area (Å²) in [5.41, 5.74) is 0. The van der Waals surface area contributed by atoms with E-state index in [9.17, 15) is 4.79 Å². The number of rotatable bonds is 3. The van der Waals surface area contributed by atoms with Crippen LogP contribution in [-0.2, 0) is 4.79 Å². The largest absolute Gasteiger partial charge is 0.348 e. The van der Waals surface area contributed by atoms with E-state index < -0.39 is 0 Å². The average molecular weight is 244 g/mol. The lowest BCUT2D eigenvalue weighted by Gasteiger charge is -2.16. The van der Waals surface area contributed by atoms with E-state index in [1.54, 1.807) is 19.0 Å². The minimum atomic E-state index is -0.111. The van der Waals surface area contributed by atoms with Crippen molar-refractivity contribution in [1.82, 2.24) is 4.90 Å². The van der Waals surface area contributed by atoms with E-state index >= 15 is 0 Å². The smallest absolute Gasteiger partial charge is 0.235 e. The summed E-state index contributed by atoms with van der Waals surface area (Å²) >= 11 is 7.49. The van der Waals surface area contributed by atoms with Gasteiger partial charge in [-0.3, -0.25) is 4.79 Å². The molecular formula is C11H14ClNOS. The third-order valence-corrected chi connectivity index (χ3v) is 3.54. The van der Waals surface area contributed by atoms with Crippen LogP contribution in [0.15, 0.2) is 29.2 Å². The van der Waals surface area contributed by atoms with E-state index in [-0.39, 0.29) is 11.2 Å². The molecule has 1 rings (SSSR count). The van der Waals surface area contributed by atoms with Gasteiger partial charge in [-0.2, -0.15) is 0 Å². The second-order valence-electron chi connectivity index (χ2n) is 3.42. The van der Waals surface area contributed by atoms with Crippen molar-refractivity contribution in [3.63, 3.8) is 0 Å². The lowest BCUT2D eigenvalue weighted by molar-refractivity contribution is -0.127. The molecule has 1 atom stereocenters. The number of carbonyl (C=O) groups excluding carboxylic acids is 1. The summed E-state index contributed by atoms with van der Waals surface area (Å²) in [6.45, 7) is 1.89. The second kappa shape index (κ2) is 5.42. The van der Waals surface area contributed by atoms with Gasteiger partial charge >= 0.3 is 0 Å². The zero-order valence-corrected chi connectivity index (χ0v) is 10.6. The van der Waals surface area contributed by atoms with Crippen LogP contribution in [0.25, 0.3) is 0 Å². The van der Waals surface area contributed by atoms with E-state index in [4.69, 9.17) is 11.6 Å². The van der Waals surface area contributed by atoms with Gasteiger partial charge in [0, 0.05) is 19.0 Å². The normalized spacial score (nSPS) is 12.3. The lowest BCUT2D eigenvalue weighted by Crippen LogP contribution is -2.29. The van der Waals surface area contributed by atoms with Crippen molar-refractivity contribution in [2.45, 2.75) is 17.1 Å². The van der Waals surface area contributed by atoms with Crippen LogP contribution >= 0.6 is 23.4 Å². The summed E-state index contributed by atoms with van der Waals surface area (Å²) in [6.07, 6.45) is 0. The van der Waals surface area contributed by atoms with Crippen LogP contribution in [0.1, 0.15) is 6.92 Å². The quantitative estimate of drug-likeness (QED) is 0.761. The van der Waals surface area contributed by atoms with Crippen molar-refractivity contribution in [2.75, 3.05) is 14.1 Å². The van der Waals surface area contributed by atoms with Crippen molar-refractivity contribution in [3.05, 3.63) is 29.3 Å². The fraction of sp³-hybridized carbons (Fsp3) is 0.364. The standard InChI is InChI=1S/C11H14ClNOS/c1-8(11(14)13(2)3)15-10-7-5-4-6-9(10)12/h4-8H,1-3H3. The van der Waals surface area contributed by atoms with E-state index in [0.29, 0.717) is 5.02 Å². The maximum atomic E-state index is 11.6. The van der Waals surface area contributed by atoms with Crippen molar-refractivity contribution >= 4 is 29.3 Å². The van der Waals surface area contributed by atoms with Crippen molar-refractivity contribution in [3.8, 4) is 0 Å². The highest BCUT2D eigenvalue weighted by Gasteiger charge is 2.16. The minimum absolute atomic E-state index is 0.0971. The molecule has 0 aliphatic carbocycles. The van der Waals surface area contributed by atoms with Gasteiger partial charge < -0.3 is 4.90 Å². The Morgan fingerprint density at radius 1 is 1.40 bits per heavy atom. The Labute approximate surface area is 99.6 Å². The first kappa shape index (κ1) is 12.4. The van der Waals surface area contributed by atoms with Gasteiger partial charge in [0.25, 0.3) is 0 Å². The highest BCUT2D eigenvalue weighted by Crippen LogP contribution is 2.30. The van der Waals surface area contributed by atoms with Crippen molar-refractivity contribution in [1.29, 1.82) is 0 Å². The number of nitrogens with zero attached hydrogens (tertiary/aromatic N) is 1. The van der Waals surface area contributed by atoms with Gasteiger partial charge in [0.2, 0.25) is 5.91 Å². The molecule has 2 nitrogen and oxygen atoms in total. The van der Waals surface area contributed by atoms with E-state index in [1.165, 1.54) is 11.8 Å². The molecule has 0 N–H and O–H groups in total. The van der Waals surface area contributed by atoms with Gasteiger partial charge in [0.15, 0.2) is 0 Å². The zero-order chi connectivity index (χ0) is 11.4. The van der Waals surface area contributed by atoms with Gasteiger partial charge in [-0.05, 0) is 19.1 Å². The molecule has 1 aromatic carbocycles. The minimum Gasteiger partial charge on any atom is -0.348 e. The molecule has 4 heteroatoms. The summed E-state index contributed by atoms with van der Waals surface area (Å²) in [6, 6.07) is 7.55. The number of hydrogen-bond acceptors (Lipinski definition) is 2. The number of thioether (sulfide) groups is 1. The number of benzene rings is 1. The van der Waals surface area contributed by atoms with Crippen LogP contribution in [0.5, 0.6) is 0 Å². The third kappa shape index (κ3) is 3.43. The first-order valence-electron chi connectivity index (χ1n) is 4.64. The Kier molecular flexibility index (Phi) is 4.48. The Bertz CT molecular complexity index is 354. The fourth-order valence-corrected chi connectivity index (χ4v) is 2.44. The van der Waals surface area contributed by atoms with Gasteiger partial charge in [0.1, 0.15) is 0 Å². The Morgan fingerprint density at radius 2 is 2.00 bits per heavy atom. The molecule has 0 aromatic heterocycles. The summed E-state index contributed by atoms with van der Waals surface area (Å²) in [7, 11) is 3.51. The Balaban J connectivity index is 2.71. The summed E-state index contributed by atoms with van der Waals surface area (Å²) in [4.78, 5) is 14.2. The molecule has 0 bridgehead atoms. The van der Waals surface area contributed by atoms with E-state index in [1.807, 2.05) is 31.2 Å². The van der Waals surface area contributed by atoms with Crippen LogP contribution in [0.4, 0.5) is 0 Å². The Hall–Kier alpha value is -0.670. The summed E-state index contributed by atoms with van der Waals surface area (Å²) in [5, 5.41) is 0.584. The maximum Gasteiger partial charge on any atom is 0.235 e. The predicted octanol–water partition coefficient (Wildman–Crippen LogP) is 2.91. The molecule has 0 saturated heterocycles. The van der Waals surface area contributed by atoms with E-state index in [0.717, 1.165) is 4.90 Å². The predicted molar refractivity (Wildman–Crippen MR) is 65.5 cm³/mol. The molecule has 1 unspecified atom stereocenters. The lowest BCUT2D eigenvalue weighted by atomic mass is 10.4.